The van der Waals surface area contributed by atoms with E-state index in [0.29, 0.717) is 6.54 Å². The molecule has 0 aliphatic rings. The number of carbonyl (C=O) groups is 1. The molecule has 0 fully saturated rings. The van der Waals surface area contributed by atoms with Gasteiger partial charge < -0.3 is 5.32 Å². The Bertz CT molecular complexity index is 662. The van der Waals surface area contributed by atoms with E-state index in [4.69, 9.17) is 0 Å². The Kier molecular flexibility index (Phi) is 4.87. The van der Waals surface area contributed by atoms with Crippen LogP contribution >= 0.6 is 0 Å². The van der Waals surface area contributed by atoms with E-state index in [2.05, 4.69) is 15.5 Å². The molecule has 0 aromatic carbocycles. The zero-order valence-corrected chi connectivity index (χ0v) is 12.5. The van der Waals surface area contributed by atoms with Gasteiger partial charge in [0.1, 0.15) is 12.4 Å². The van der Waals surface area contributed by atoms with E-state index < -0.39 is 4.92 Å². The summed E-state index contributed by atoms with van der Waals surface area (Å²) in [6.45, 7) is 5.21. The topological polar surface area (TPSA) is 108 Å². The monoisotopic (exact) mass is 306 g/mol. The zero-order valence-electron chi connectivity index (χ0n) is 12.5. The van der Waals surface area contributed by atoms with E-state index in [-0.39, 0.29) is 24.1 Å². The molecule has 2 aromatic heterocycles. The van der Waals surface area contributed by atoms with Crippen LogP contribution in [0, 0.1) is 16.0 Å². The van der Waals surface area contributed by atoms with E-state index in [1.54, 1.807) is 17.8 Å². The lowest BCUT2D eigenvalue weighted by atomic mass is 10.1. The van der Waals surface area contributed by atoms with Crippen LogP contribution in [0.2, 0.25) is 0 Å². The van der Waals surface area contributed by atoms with Gasteiger partial charge in [-0.1, -0.05) is 6.92 Å². The predicted octanol–water partition coefficient (Wildman–Crippen LogP) is 0.960. The Labute approximate surface area is 127 Å². The van der Waals surface area contributed by atoms with Crippen LogP contribution in [-0.2, 0) is 24.4 Å². The summed E-state index contributed by atoms with van der Waals surface area (Å²) >= 11 is 0. The molecule has 0 radical (unpaired) electrons. The second kappa shape index (κ2) is 6.83. The Balaban J connectivity index is 1.84. The maximum atomic E-state index is 12.0. The summed E-state index contributed by atoms with van der Waals surface area (Å²) in [5, 5.41) is 21.4. The summed E-state index contributed by atoms with van der Waals surface area (Å²) < 4.78 is 3.19. The Morgan fingerprint density at radius 3 is 2.68 bits per heavy atom. The van der Waals surface area contributed by atoms with Crippen LogP contribution in [0.15, 0.2) is 24.8 Å². The second-order valence-electron chi connectivity index (χ2n) is 5.00. The summed E-state index contributed by atoms with van der Waals surface area (Å²) in [6.07, 6.45) is 6.08. The Morgan fingerprint density at radius 2 is 2.09 bits per heavy atom. The van der Waals surface area contributed by atoms with Crippen molar-refractivity contribution >= 4 is 11.6 Å². The fourth-order valence-corrected chi connectivity index (χ4v) is 1.94. The molecule has 0 aliphatic heterocycles. The number of rotatable bonds is 7. The highest BCUT2D eigenvalue weighted by Gasteiger charge is 2.16. The fraction of sp³-hybridized carbons (Fsp3) is 0.462. The van der Waals surface area contributed by atoms with Crippen molar-refractivity contribution in [3.63, 3.8) is 0 Å². The number of hydrogen-bond donors (Lipinski definition) is 1. The lowest BCUT2D eigenvalue weighted by molar-refractivity contribution is -0.385. The third-order valence-electron chi connectivity index (χ3n) is 3.22. The lowest BCUT2D eigenvalue weighted by Gasteiger charge is -2.11. The minimum atomic E-state index is -0.514. The molecule has 1 atom stereocenters. The number of nitro groups is 1. The Morgan fingerprint density at radius 1 is 1.36 bits per heavy atom. The summed E-state index contributed by atoms with van der Waals surface area (Å²) in [4.78, 5) is 22.1. The highest BCUT2D eigenvalue weighted by atomic mass is 16.6. The normalized spacial score (nSPS) is 12.1. The van der Waals surface area contributed by atoms with Crippen molar-refractivity contribution in [2.75, 3.05) is 0 Å². The molecule has 0 bridgehead atoms. The van der Waals surface area contributed by atoms with Crippen molar-refractivity contribution in [1.82, 2.24) is 24.9 Å². The molecule has 9 heteroatoms. The first-order valence-electron chi connectivity index (χ1n) is 6.95. The quantitative estimate of drug-likeness (QED) is 0.605. The molecule has 2 aromatic rings. The first kappa shape index (κ1) is 15.7. The van der Waals surface area contributed by atoms with Crippen molar-refractivity contribution < 1.29 is 9.72 Å². The molecular weight excluding hydrogens is 288 g/mol. The number of hydrogen-bond acceptors (Lipinski definition) is 5. The van der Waals surface area contributed by atoms with Crippen molar-refractivity contribution in [2.45, 2.75) is 33.5 Å². The molecule has 9 nitrogen and oxygen atoms in total. The highest BCUT2D eigenvalue weighted by Crippen LogP contribution is 2.10. The number of carbonyl (C=O) groups excluding carboxylic acids is 1. The summed E-state index contributed by atoms with van der Waals surface area (Å²) in [5.74, 6) is -0.483. The van der Waals surface area contributed by atoms with Crippen LogP contribution in [0.25, 0.3) is 0 Å². The van der Waals surface area contributed by atoms with Crippen LogP contribution in [0.5, 0.6) is 0 Å². The minimum absolute atomic E-state index is 0.0837. The maximum absolute atomic E-state index is 12.0. The van der Waals surface area contributed by atoms with Gasteiger partial charge in [-0.3, -0.25) is 24.3 Å². The van der Waals surface area contributed by atoms with Gasteiger partial charge in [0, 0.05) is 24.8 Å². The van der Waals surface area contributed by atoms with Gasteiger partial charge in [0.25, 0.3) is 0 Å². The van der Waals surface area contributed by atoms with Crippen molar-refractivity contribution in [3.8, 4) is 0 Å². The minimum Gasteiger partial charge on any atom is -0.352 e. The smallest absolute Gasteiger partial charge is 0.306 e. The second-order valence-corrected chi connectivity index (χ2v) is 5.00. The SMILES string of the molecule is CCn1cc(CNC(=O)C(C)Cn2cc([N+](=O)[O-])cn2)cn1. The molecule has 2 heterocycles. The van der Waals surface area contributed by atoms with E-state index >= 15 is 0 Å². The molecule has 2 rings (SSSR count). The summed E-state index contributed by atoms with van der Waals surface area (Å²) in [6, 6.07) is 0. The van der Waals surface area contributed by atoms with E-state index in [0.717, 1.165) is 12.1 Å². The summed E-state index contributed by atoms with van der Waals surface area (Å²) in [7, 11) is 0. The number of aryl methyl sites for hydroxylation is 1. The molecule has 0 saturated heterocycles. The number of nitrogens with one attached hydrogen (secondary N) is 1. The van der Waals surface area contributed by atoms with Crippen molar-refractivity contribution in [1.29, 1.82) is 0 Å². The molecule has 0 saturated carbocycles. The predicted molar refractivity (Wildman–Crippen MR) is 77.8 cm³/mol. The van der Waals surface area contributed by atoms with Gasteiger partial charge in [0.05, 0.1) is 23.6 Å². The number of amides is 1. The van der Waals surface area contributed by atoms with Gasteiger partial charge in [-0.15, -0.1) is 0 Å². The Hall–Kier alpha value is -2.71. The van der Waals surface area contributed by atoms with Crippen LogP contribution in [0.4, 0.5) is 5.69 Å². The third-order valence-corrected chi connectivity index (χ3v) is 3.22. The highest BCUT2D eigenvalue weighted by molar-refractivity contribution is 5.78. The van der Waals surface area contributed by atoms with Crippen molar-refractivity contribution in [3.05, 3.63) is 40.5 Å². The van der Waals surface area contributed by atoms with Gasteiger partial charge in [-0.2, -0.15) is 10.2 Å². The average Bonchev–Trinajstić information content (AvgIpc) is 3.13. The van der Waals surface area contributed by atoms with E-state index in [1.807, 2.05) is 13.1 Å². The maximum Gasteiger partial charge on any atom is 0.306 e. The van der Waals surface area contributed by atoms with Gasteiger partial charge in [-0.05, 0) is 6.92 Å². The first-order valence-corrected chi connectivity index (χ1v) is 6.95. The third kappa shape index (κ3) is 3.90. The molecule has 0 aliphatic carbocycles. The average molecular weight is 306 g/mol. The standard InChI is InChI=1S/C13H18N6O3/c1-3-17-8-11(5-15-17)4-14-13(20)10(2)7-18-9-12(6-16-18)19(21)22/h5-6,8-10H,3-4,7H2,1-2H3,(H,14,20). The van der Waals surface area contributed by atoms with Crippen molar-refractivity contribution in [2.24, 2.45) is 5.92 Å². The van der Waals surface area contributed by atoms with Crippen LogP contribution < -0.4 is 5.32 Å². The van der Waals surface area contributed by atoms with Crippen LogP contribution in [0.3, 0.4) is 0 Å². The number of nitrogens with zero attached hydrogens (tertiary/aromatic N) is 5. The molecule has 22 heavy (non-hydrogen) atoms. The summed E-state index contributed by atoms with van der Waals surface area (Å²) in [5.41, 5.74) is 0.844. The van der Waals surface area contributed by atoms with Gasteiger partial charge in [0.15, 0.2) is 0 Å². The van der Waals surface area contributed by atoms with E-state index in [9.17, 15) is 14.9 Å². The zero-order chi connectivity index (χ0) is 16.1. The molecule has 118 valence electrons. The molecule has 1 N–H and O–H groups in total. The molecule has 1 unspecified atom stereocenters. The fourth-order valence-electron chi connectivity index (χ4n) is 1.94. The van der Waals surface area contributed by atoms with Gasteiger partial charge >= 0.3 is 5.69 Å². The van der Waals surface area contributed by atoms with Gasteiger partial charge in [-0.25, -0.2) is 0 Å². The van der Waals surface area contributed by atoms with E-state index in [1.165, 1.54) is 17.1 Å². The number of aromatic nitrogens is 4. The van der Waals surface area contributed by atoms with Gasteiger partial charge in [0.2, 0.25) is 5.91 Å². The van der Waals surface area contributed by atoms with Crippen LogP contribution in [0.1, 0.15) is 19.4 Å². The first-order chi connectivity index (χ1) is 10.5. The lowest BCUT2D eigenvalue weighted by Crippen LogP contribution is -2.31. The molecular formula is C13H18N6O3. The molecule has 0 spiro atoms. The largest absolute Gasteiger partial charge is 0.352 e. The molecule has 1 amide bonds. The van der Waals surface area contributed by atoms with Crippen LogP contribution in [-0.4, -0.2) is 30.4 Å².